The van der Waals surface area contributed by atoms with Gasteiger partial charge in [-0.2, -0.15) is 26.3 Å². The molecule has 0 bridgehead atoms. The van der Waals surface area contributed by atoms with Crippen LogP contribution in [0.25, 0.3) is 0 Å². The number of alkyl halides is 6. The first-order valence-electron chi connectivity index (χ1n) is 12.7. The molecule has 0 radical (unpaired) electrons. The molecule has 1 heterocycles. The molecule has 10 heteroatoms. The van der Waals surface area contributed by atoms with Crippen LogP contribution in [-0.2, 0) is 17.1 Å². The molecule has 208 valence electrons. The van der Waals surface area contributed by atoms with Gasteiger partial charge in [-0.3, -0.25) is 9.69 Å². The molecule has 2 fully saturated rings. The van der Waals surface area contributed by atoms with Gasteiger partial charge in [-0.1, -0.05) is 19.1 Å². The van der Waals surface area contributed by atoms with Crippen molar-refractivity contribution in [1.29, 1.82) is 0 Å². The van der Waals surface area contributed by atoms with Crippen molar-refractivity contribution >= 4 is 5.97 Å². The molecule has 4 unspecified atom stereocenters. The Bertz CT molecular complexity index is 1140. The summed E-state index contributed by atoms with van der Waals surface area (Å²) in [6.07, 6.45) is -6.89. The molecule has 1 saturated carbocycles. The van der Waals surface area contributed by atoms with E-state index in [2.05, 4.69) is 0 Å². The topological polar surface area (TPSA) is 49.8 Å². The summed E-state index contributed by atoms with van der Waals surface area (Å²) in [6, 6.07) is 8.10. The lowest BCUT2D eigenvalue weighted by atomic mass is 9.83. The summed E-state index contributed by atoms with van der Waals surface area (Å²) >= 11 is 0. The van der Waals surface area contributed by atoms with Crippen molar-refractivity contribution in [2.75, 3.05) is 19.7 Å². The number of likely N-dealkylation sites (tertiary alicyclic amines) is 1. The van der Waals surface area contributed by atoms with Crippen LogP contribution in [0.1, 0.15) is 67.3 Å². The van der Waals surface area contributed by atoms with Crippen LogP contribution in [0.15, 0.2) is 42.5 Å². The van der Waals surface area contributed by atoms with Crippen molar-refractivity contribution in [1.82, 2.24) is 4.90 Å². The van der Waals surface area contributed by atoms with Crippen molar-refractivity contribution in [3.05, 3.63) is 64.7 Å². The van der Waals surface area contributed by atoms with Gasteiger partial charge in [-0.05, 0) is 86.0 Å². The lowest BCUT2D eigenvalue weighted by Gasteiger charge is -2.28. The van der Waals surface area contributed by atoms with E-state index < -0.39 is 41.4 Å². The minimum Gasteiger partial charge on any atom is -0.493 e. The summed E-state index contributed by atoms with van der Waals surface area (Å²) in [5.41, 5.74) is -1.64. The quantitative estimate of drug-likeness (QED) is 0.335. The summed E-state index contributed by atoms with van der Waals surface area (Å²) in [5, 5.41) is 9.52. The van der Waals surface area contributed by atoms with Gasteiger partial charge in [-0.25, -0.2) is 0 Å². The fourth-order valence-electron chi connectivity index (χ4n) is 5.49. The average molecular weight is 544 g/mol. The molecule has 0 spiro atoms. The normalized spacial score (nSPS) is 21.2. The Morgan fingerprint density at radius 2 is 1.74 bits per heavy atom. The molecule has 4 rings (SSSR count). The van der Waals surface area contributed by atoms with E-state index in [0.29, 0.717) is 56.0 Å². The van der Waals surface area contributed by atoms with Crippen LogP contribution >= 0.6 is 0 Å². The van der Waals surface area contributed by atoms with E-state index in [1.54, 1.807) is 17.9 Å². The first-order valence-corrected chi connectivity index (χ1v) is 12.7. The molecule has 4 atom stereocenters. The van der Waals surface area contributed by atoms with Crippen LogP contribution in [-0.4, -0.2) is 35.7 Å². The molecule has 2 aliphatic rings. The van der Waals surface area contributed by atoms with E-state index in [1.807, 2.05) is 18.2 Å². The van der Waals surface area contributed by atoms with Crippen molar-refractivity contribution in [3.8, 4) is 5.75 Å². The van der Waals surface area contributed by atoms with E-state index >= 15 is 0 Å². The minimum atomic E-state index is -4.77. The summed E-state index contributed by atoms with van der Waals surface area (Å²) < 4.78 is 86.5. The molecular formula is C28H31F6NO3. The zero-order valence-corrected chi connectivity index (χ0v) is 21.1. The van der Waals surface area contributed by atoms with Crippen molar-refractivity contribution in [2.45, 2.75) is 57.4 Å². The number of carbonyl (C=O) groups is 1. The van der Waals surface area contributed by atoms with Gasteiger partial charge >= 0.3 is 18.3 Å². The molecule has 2 aromatic rings. The van der Waals surface area contributed by atoms with Crippen LogP contribution in [0, 0.1) is 17.8 Å². The van der Waals surface area contributed by atoms with Crippen LogP contribution in [0.2, 0.25) is 0 Å². The highest BCUT2D eigenvalue weighted by Gasteiger charge is 2.40. The first-order chi connectivity index (χ1) is 17.8. The predicted octanol–water partition coefficient (Wildman–Crippen LogP) is 7.40. The number of halogens is 6. The average Bonchev–Trinajstić information content (AvgIpc) is 3.56. The van der Waals surface area contributed by atoms with Gasteiger partial charge in [0.05, 0.1) is 23.7 Å². The molecule has 2 aromatic carbocycles. The van der Waals surface area contributed by atoms with E-state index in [0.717, 1.165) is 18.4 Å². The molecule has 1 aliphatic carbocycles. The Labute approximate surface area is 217 Å². The van der Waals surface area contributed by atoms with Gasteiger partial charge in [0, 0.05) is 18.5 Å². The number of hydrogen-bond donors (Lipinski definition) is 1. The fraction of sp³-hybridized carbons (Fsp3) is 0.536. The Morgan fingerprint density at radius 1 is 1.03 bits per heavy atom. The summed E-state index contributed by atoms with van der Waals surface area (Å²) in [4.78, 5) is 13.4. The van der Waals surface area contributed by atoms with Crippen LogP contribution in [0.4, 0.5) is 26.3 Å². The molecule has 1 aliphatic heterocycles. The number of aliphatic carboxylic acids is 1. The summed E-state index contributed by atoms with van der Waals surface area (Å²) in [7, 11) is 0. The standard InChI is InChI=1S/C28H31F6NO3/c1-16(26(36)37)25(19-6-7-19)20-4-3-5-22(12-20)38-15-18-10-11-35(14-18)17(2)23-13-21(27(29,30)31)8-9-24(23)28(32,33)34/h3-5,8-9,12-13,16-19,25H,6-7,10-11,14-15H2,1-2H3,(H,36,37). The molecule has 4 nitrogen and oxygen atoms in total. The van der Waals surface area contributed by atoms with E-state index in [-0.39, 0.29) is 17.4 Å². The third-order valence-corrected chi connectivity index (χ3v) is 7.79. The Morgan fingerprint density at radius 3 is 2.34 bits per heavy atom. The van der Waals surface area contributed by atoms with Crippen molar-refractivity contribution in [2.24, 2.45) is 17.8 Å². The largest absolute Gasteiger partial charge is 0.493 e. The number of hydrogen-bond acceptors (Lipinski definition) is 3. The lowest BCUT2D eigenvalue weighted by molar-refractivity contribution is -0.142. The van der Waals surface area contributed by atoms with Gasteiger partial charge in [0.25, 0.3) is 0 Å². The number of carboxylic acids is 1. The third kappa shape index (κ3) is 6.45. The number of rotatable bonds is 9. The van der Waals surface area contributed by atoms with Crippen LogP contribution in [0.3, 0.4) is 0 Å². The van der Waals surface area contributed by atoms with Gasteiger partial charge in [0.2, 0.25) is 0 Å². The maximum Gasteiger partial charge on any atom is 0.416 e. The smallest absolute Gasteiger partial charge is 0.416 e. The molecule has 0 amide bonds. The molecule has 1 N–H and O–H groups in total. The SMILES string of the molecule is CC(C(=O)O)C(c1cccc(OCC2CCN(C(C)c3cc(C(F)(F)F)ccc3C(F)(F)F)C2)c1)C1CC1. The number of nitrogens with zero attached hydrogens (tertiary/aromatic N) is 1. The highest BCUT2D eigenvalue weighted by Crippen LogP contribution is 2.47. The zero-order valence-electron chi connectivity index (χ0n) is 21.1. The second-order valence-electron chi connectivity index (χ2n) is 10.5. The van der Waals surface area contributed by atoms with Crippen LogP contribution in [0.5, 0.6) is 5.75 Å². The highest BCUT2D eigenvalue weighted by molar-refractivity contribution is 5.71. The third-order valence-electron chi connectivity index (χ3n) is 7.79. The number of ether oxygens (including phenoxy) is 1. The van der Waals surface area contributed by atoms with Gasteiger partial charge in [0.1, 0.15) is 5.75 Å². The molecule has 38 heavy (non-hydrogen) atoms. The lowest BCUT2D eigenvalue weighted by Crippen LogP contribution is -2.28. The fourth-order valence-corrected chi connectivity index (χ4v) is 5.49. The van der Waals surface area contributed by atoms with Crippen molar-refractivity contribution < 1.29 is 41.0 Å². The summed E-state index contributed by atoms with van der Waals surface area (Å²) in [6.45, 7) is 4.32. The Kier molecular flexibility index (Phi) is 8.02. The Hall–Kier alpha value is -2.75. The minimum absolute atomic E-state index is 0.0154. The maximum atomic E-state index is 13.6. The maximum absolute atomic E-state index is 13.6. The van der Waals surface area contributed by atoms with E-state index in [4.69, 9.17) is 4.74 Å². The zero-order chi connectivity index (χ0) is 27.8. The monoisotopic (exact) mass is 543 g/mol. The van der Waals surface area contributed by atoms with Gasteiger partial charge in [0.15, 0.2) is 0 Å². The second-order valence-corrected chi connectivity index (χ2v) is 10.5. The van der Waals surface area contributed by atoms with Crippen molar-refractivity contribution in [3.63, 3.8) is 0 Å². The first kappa shape index (κ1) is 28.3. The van der Waals surface area contributed by atoms with E-state index in [1.165, 1.54) is 6.92 Å². The molecular weight excluding hydrogens is 512 g/mol. The summed E-state index contributed by atoms with van der Waals surface area (Å²) in [5.74, 6) is -0.566. The molecule has 1 saturated heterocycles. The number of benzene rings is 2. The van der Waals surface area contributed by atoms with Gasteiger partial charge < -0.3 is 9.84 Å². The Balaban J connectivity index is 1.43. The predicted molar refractivity (Wildman–Crippen MR) is 129 cm³/mol. The second kappa shape index (κ2) is 10.8. The van der Waals surface area contributed by atoms with Crippen LogP contribution < -0.4 is 4.74 Å². The van der Waals surface area contributed by atoms with Gasteiger partial charge in [-0.15, -0.1) is 0 Å². The van der Waals surface area contributed by atoms with E-state index in [9.17, 15) is 36.2 Å². The highest BCUT2D eigenvalue weighted by atomic mass is 19.4. The molecule has 0 aromatic heterocycles. The number of carboxylic acid groups (broad SMARTS) is 1.